The van der Waals surface area contributed by atoms with Crippen LogP contribution < -0.4 is 5.32 Å². The Morgan fingerprint density at radius 3 is 2.46 bits per heavy atom. The van der Waals surface area contributed by atoms with Crippen LogP contribution in [-0.2, 0) is 16.0 Å². The van der Waals surface area contributed by atoms with E-state index in [1.807, 2.05) is 0 Å². The molecule has 2 aliphatic rings. The summed E-state index contributed by atoms with van der Waals surface area (Å²) in [7, 11) is 0. The Balaban J connectivity index is 1.52. The highest BCUT2D eigenvalue weighted by Crippen LogP contribution is 2.30. The maximum atomic E-state index is 13.5. The van der Waals surface area contributed by atoms with E-state index in [0.29, 0.717) is 18.5 Å². The normalized spacial score (nSPS) is 17.5. The van der Waals surface area contributed by atoms with Crippen molar-refractivity contribution >= 4 is 29.3 Å². The Kier molecular flexibility index (Phi) is 8.58. The second-order valence-corrected chi connectivity index (χ2v) is 9.89. The molecule has 2 atom stereocenters. The Bertz CT molecular complexity index is 1260. The van der Waals surface area contributed by atoms with Gasteiger partial charge < -0.3 is 15.3 Å². The van der Waals surface area contributed by atoms with Gasteiger partial charge in [0, 0.05) is 38.0 Å². The summed E-state index contributed by atoms with van der Waals surface area (Å²) >= 11 is 0. The molecule has 11 nitrogen and oxygen atoms in total. The average Bonchev–Trinajstić information content (AvgIpc) is 3.39. The fourth-order valence-corrected chi connectivity index (χ4v) is 5.31. The lowest BCUT2D eigenvalue weighted by Gasteiger charge is -2.27. The number of carbonyl (C=O) groups excluding carboxylic acids is 4. The molecule has 2 aliphatic heterocycles. The van der Waals surface area contributed by atoms with Crippen molar-refractivity contribution in [1.82, 2.24) is 15.1 Å². The first kappa shape index (κ1) is 27.7. The number of fused-ring (bicyclic) bond motifs is 1. The maximum Gasteiger partial charge on any atom is 0.310 e. The summed E-state index contributed by atoms with van der Waals surface area (Å²) in [6.07, 6.45) is 5.17. The van der Waals surface area contributed by atoms with Gasteiger partial charge in [-0.15, -0.1) is 0 Å². The lowest BCUT2D eigenvalue weighted by molar-refractivity contribution is -0.385. The zero-order valence-corrected chi connectivity index (χ0v) is 21.8. The SMILES string of the molecule is CCCCC[C@@H]1CCC(=O)N1CCNC(=O)[C@H](Cc1ccc(O)c([N+](=O)[O-])c1)N1C(=O)c2ccccc2C1=O. The summed E-state index contributed by atoms with van der Waals surface area (Å²) in [4.78, 5) is 65.5. The number of imide groups is 1. The van der Waals surface area contributed by atoms with Crippen molar-refractivity contribution in [2.75, 3.05) is 13.1 Å². The maximum absolute atomic E-state index is 13.5. The fraction of sp³-hybridized carbons (Fsp3) is 0.429. The number of unbranched alkanes of at least 4 members (excludes halogenated alkanes) is 2. The number of nitrogens with one attached hydrogen (secondary N) is 1. The van der Waals surface area contributed by atoms with Gasteiger partial charge in [0.05, 0.1) is 16.1 Å². The van der Waals surface area contributed by atoms with E-state index in [1.54, 1.807) is 17.0 Å². The minimum atomic E-state index is -1.30. The van der Waals surface area contributed by atoms with Crippen LogP contribution in [0.25, 0.3) is 0 Å². The van der Waals surface area contributed by atoms with Crippen LogP contribution >= 0.6 is 0 Å². The molecule has 0 aliphatic carbocycles. The van der Waals surface area contributed by atoms with Gasteiger partial charge in [-0.05, 0) is 36.6 Å². The molecule has 1 saturated heterocycles. The standard InChI is InChI=1S/C28H32N4O7/c1-2-3-4-7-19-11-13-25(34)30(19)15-14-29-26(35)23(17-18-10-12-24(33)22(16-18)32(38)39)31-27(36)20-8-5-6-9-21(20)28(31)37/h5-6,8-10,12,16,19,23,33H,2-4,7,11,13-15,17H2,1H3,(H,29,35)/t19-,23+/m1/s1. The first-order chi connectivity index (χ1) is 18.7. The summed E-state index contributed by atoms with van der Waals surface area (Å²) in [5.74, 6) is -2.37. The molecule has 0 aromatic heterocycles. The van der Waals surface area contributed by atoms with Gasteiger partial charge >= 0.3 is 5.69 Å². The van der Waals surface area contributed by atoms with Gasteiger partial charge in [-0.25, -0.2) is 0 Å². The molecular formula is C28H32N4O7. The van der Waals surface area contributed by atoms with Crippen molar-refractivity contribution in [2.45, 2.75) is 64.0 Å². The number of hydrogen-bond acceptors (Lipinski definition) is 7. The number of amides is 4. The van der Waals surface area contributed by atoms with Gasteiger partial charge in [0.25, 0.3) is 11.8 Å². The van der Waals surface area contributed by atoms with Crippen LogP contribution in [-0.4, -0.2) is 68.6 Å². The third-order valence-corrected chi connectivity index (χ3v) is 7.35. The van der Waals surface area contributed by atoms with Crippen molar-refractivity contribution in [3.8, 4) is 5.75 Å². The number of phenols is 1. The van der Waals surface area contributed by atoms with Gasteiger partial charge in [0.15, 0.2) is 5.75 Å². The quantitative estimate of drug-likeness (QED) is 0.183. The van der Waals surface area contributed by atoms with Crippen LogP contribution in [0.4, 0.5) is 5.69 Å². The van der Waals surface area contributed by atoms with Gasteiger partial charge in [-0.1, -0.05) is 44.4 Å². The van der Waals surface area contributed by atoms with Crippen LogP contribution in [0.3, 0.4) is 0 Å². The molecule has 4 rings (SSSR count). The molecule has 2 N–H and O–H groups in total. The van der Waals surface area contributed by atoms with Gasteiger partial charge in [-0.3, -0.25) is 34.2 Å². The highest BCUT2D eigenvalue weighted by molar-refractivity contribution is 6.22. The lowest BCUT2D eigenvalue weighted by atomic mass is 10.0. The molecule has 0 saturated carbocycles. The number of aromatic hydroxyl groups is 1. The molecule has 11 heteroatoms. The molecule has 1 fully saturated rings. The van der Waals surface area contributed by atoms with E-state index in [4.69, 9.17) is 0 Å². The van der Waals surface area contributed by atoms with Crippen molar-refractivity contribution in [2.24, 2.45) is 0 Å². The van der Waals surface area contributed by atoms with E-state index in [2.05, 4.69) is 12.2 Å². The molecular weight excluding hydrogens is 504 g/mol. The number of rotatable bonds is 12. The smallest absolute Gasteiger partial charge is 0.310 e. The van der Waals surface area contributed by atoms with Crippen molar-refractivity contribution in [3.05, 3.63) is 69.3 Å². The summed E-state index contributed by atoms with van der Waals surface area (Å²) in [6, 6.07) is 8.76. The van der Waals surface area contributed by atoms with Gasteiger partial charge in [0.2, 0.25) is 11.8 Å². The summed E-state index contributed by atoms with van der Waals surface area (Å²) in [5, 5.41) is 23.9. The minimum absolute atomic E-state index is 0.0408. The highest BCUT2D eigenvalue weighted by atomic mass is 16.6. The van der Waals surface area contributed by atoms with Crippen LogP contribution in [0.5, 0.6) is 5.75 Å². The van der Waals surface area contributed by atoms with Crippen molar-refractivity contribution in [1.29, 1.82) is 0 Å². The summed E-state index contributed by atoms with van der Waals surface area (Å²) < 4.78 is 0. The number of phenolic OH excluding ortho intramolecular Hbond substituents is 1. The van der Waals surface area contributed by atoms with E-state index >= 15 is 0 Å². The van der Waals surface area contributed by atoms with Crippen LogP contribution in [0.1, 0.15) is 71.7 Å². The number of hydrogen-bond donors (Lipinski definition) is 2. The van der Waals surface area contributed by atoms with Crippen molar-refractivity contribution in [3.63, 3.8) is 0 Å². The largest absolute Gasteiger partial charge is 0.502 e. The van der Waals surface area contributed by atoms with Crippen LogP contribution in [0, 0.1) is 10.1 Å². The molecule has 0 unspecified atom stereocenters. The summed E-state index contributed by atoms with van der Waals surface area (Å²) in [5.41, 5.74) is 0.0988. The molecule has 39 heavy (non-hydrogen) atoms. The molecule has 2 aromatic carbocycles. The predicted molar refractivity (Wildman–Crippen MR) is 141 cm³/mol. The van der Waals surface area contributed by atoms with Crippen molar-refractivity contribution < 1.29 is 29.2 Å². The number of nitro benzene ring substituents is 1. The second kappa shape index (κ2) is 12.1. The Hall–Kier alpha value is -4.28. The van der Waals surface area contributed by atoms with E-state index in [1.165, 1.54) is 18.2 Å². The second-order valence-electron chi connectivity index (χ2n) is 9.89. The minimum Gasteiger partial charge on any atom is -0.502 e. The molecule has 4 amide bonds. The Labute approximate surface area is 225 Å². The van der Waals surface area contributed by atoms with Crippen LogP contribution in [0.2, 0.25) is 0 Å². The molecule has 2 heterocycles. The predicted octanol–water partition coefficient (Wildman–Crippen LogP) is 3.20. The third kappa shape index (κ3) is 5.92. The number of nitro groups is 1. The number of benzene rings is 2. The molecule has 206 valence electrons. The van der Waals surface area contributed by atoms with E-state index in [9.17, 15) is 34.4 Å². The summed E-state index contributed by atoms with van der Waals surface area (Å²) in [6.45, 7) is 2.55. The van der Waals surface area contributed by atoms with Gasteiger partial charge in [0.1, 0.15) is 6.04 Å². The average molecular weight is 537 g/mol. The van der Waals surface area contributed by atoms with E-state index in [0.717, 1.165) is 49.1 Å². The topological polar surface area (TPSA) is 150 Å². The Morgan fingerprint density at radius 1 is 1.13 bits per heavy atom. The first-order valence-corrected chi connectivity index (χ1v) is 13.2. The first-order valence-electron chi connectivity index (χ1n) is 13.2. The molecule has 2 aromatic rings. The van der Waals surface area contributed by atoms with Gasteiger partial charge in [-0.2, -0.15) is 0 Å². The zero-order chi connectivity index (χ0) is 28.1. The highest BCUT2D eigenvalue weighted by Gasteiger charge is 2.43. The van der Waals surface area contributed by atoms with E-state index < -0.39 is 40.1 Å². The number of carbonyl (C=O) groups is 4. The van der Waals surface area contributed by atoms with E-state index in [-0.39, 0.29) is 36.0 Å². The third-order valence-electron chi connectivity index (χ3n) is 7.35. The van der Waals surface area contributed by atoms with Crippen LogP contribution in [0.15, 0.2) is 42.5 Å². The zero-order valence-electron chi connectivity index (χ0n) is 21.8. The fourth-order valence-electron chi connectivity index (χ4n) is 5.31. The number of likely N-dealkylation sites (tertiary alicyclic amines) is 1. The molecule has 0 spiro atoms. The molecule has 0 bridgehead atoms. The monoisotopic (exact) mass is 536 g/mol. The molecule has 0 radical (unpaired) electrons. The Morgan fingerprint density at radius 2 is 1.82 bits per heavy atom. The number of nitrogens with zero attached hydrogens (tertiary/aromatic N) is 3. The lowest BCUT2D eigenvalue weighted by Crippen LogP contribution is -2.52.